The summed E-state index contributed by atoms with van der Waals surface area (Å²) in [5.74, 6) is 0. The molecule has 0 aliphatic heterocycles. The summed E-state index contributed by atoms with van der Waals surface area (Å²) in [5, 5.41) is 0. The summed E-state index contributed by atoms with van der Waals surface area (Å²) in [6.45, 7) is 0. The van der Waals surface area contributed by atoms with Gasteiger partial charge in [0.25, 0.3) is 0 Å². The van der Waals surface area contributed by atoms with E-state index < -0.39 is 403 Å². The van der Waals surface area contributed by atoms with Crippen LogP contribution in [0.15, 0.2) is 0 Å². The molecule has 105 heavy (non-hydrogen) atoms. The van der Waals surface area contributed by atoms with Crippen molar-refractivity contribution in [2.24, 2.45) is 0 Å². The Hall–Kier alpha value is 76.6. The molecule has 0 aromatic heterocycles. The molecule has 0 bridgehead atoms. The van der Waals surface area contributed by atoms with E-state index in [-0.39, 0.29) is 0 Å². The van der Waals surface area contributed by atoms with Crippen molar-refractivity contribution < 1.29 is 13.3 Å². The zero-order valence-corrected chi connectivity index (χ0v) is 266. The average Bonchev–Trinajstić information content (AvgIpc) is 0.788. The average molecular weight is 13300 g/mol. The topological polar surface area (TPSA) is 0 Å². The zero-order chi connectivity index (χ0) is 83.2. The van der Waals surface area contributed by atoms with E-state index in [2.05, 4.69) is 987 Å². The third-order valence-electron chi connectivity index (χ3n) is 4.12. The fourth-order valence-electron chi connectivity index (χ4n) is 1.53. The Labute approximate surface area is 1320 Å². The van der Waals surface area contributed by atoms with Crippen molar-refractivity contribution in [2.75, 3.05) is 0 Å². The van der Waals surface area contributed by atoms with Crippen LogP contribution in [0.1, 0.15) is 0 Å². The van der Waals surface area contributed by atoms with E-state index in [0.29, 0.717) is 13.3 Å². The molecule has 0 N–H and O–H groups in total. The Morgan fingerprint density at radius 2 is 0.143 bits per heavy atom. The summed E-state index contributed by atoms with van der Waals surface area (Å²) in [5.41, 5.74) is 0. The Morgan fingerprint density at radius 1 is 0.0857 bits per heavy atom. The summed E-state index contributed by atoms with van der Waals surface area (Å²) in [4.78, 5) is 0. The second kappa shape index (κ2) is 110. The van der Waals surface area contributed by atoms with Crippen LogP contribution in [0.4, 0.5) is 0 Å². The van der Waals surface area contributed by atoms with Gasteiger partial charge in [0.2, 0.25) is 0 Å². The van der Waals surface area contributed by atoms with Crippen molar-refractivity contribution in [3.05, 3.63) is 0 Å². The Morgan fingerprint density at radius 3 is 0.200 bits per heavy atom. The van der Waals surface area contributed by atoms with E-state index in [1.54, 1.807) is 0 Å². The predicted molar refractivity (Wildman–Crippen MR) is 1460 cm³/mol. The van der Waals surface area contributed by atoms with Crippen LogP contribution >= 0.6 is 1390 Å². The normalized spacial score (nSPS) is 19.2. The first-order valence-electron chi connectivity index (χ1n) is 14.9. The van der Waals surface area contributed by atoms with Crippen LogP contribution in [0.25, 0.3) is 0 Å². The second-order valence-electron chi connectivity index (χ2n) is 8.32. The standard InChI is InChI=1S/I105/c1-54-56(4)58(6)60(8)62(10)64(12)66(14)68(16)70(18)72(20)74(22)76(24)78(26)80(28)82(30)84(32)86(34)88(36)90(38)92(40)94(42)96(44)98(46)100(48)102(50)104(52)105(53)103(51)101(49)99(47)97(45)95(43)93(41)91(39)89(37)87(35)85(33)83(31)81(29)79(27)77(25)75(23)73(21)71(19)69(17)67(15)65(13)63(11)61(9)59(7)57(5)55(2)3/q-1. The molecule has 0 amide bonds. The molecular formula is I105-. The van der Waals surface area contributed by atoms with Gasteiger partial charge in [-0.25, -0.2) is 0 Å². The fraction of sp³-hybridized carbons (Fsp3) is 0. The fourth-order valence-corrected chi connectivity index (χ4v) is 20700. The molecule has 0 aromatic carbocycles. The van der Waals surface area contributed by atoms with Crippen LogP contribution < -0.4 is 13.3 Å². The maximum atomic E-state index is 3.49. The van der Waals surface area contributed by atoms with Crippen LogP contribution in [-0.4, -0.2) is 0 Å². The SMILES string of the molecule is I[I-]I(I)I(I)I(I)I(I)I(I)I(I)I(I)I(I)I(I)I(I)I(I)I(I)I(I)I(I)I(I)I(I)I(I)I(I)I(I)I(I)I(I)I(I)I(I)I(I)I(I)I(I)I(I)I(I)I(I)I(I)I(I)I(I)I(I)I(I)I(I)I(I)I(I)I(I)I(I)I(I)I(I)I(I)I(I)I(I)I(I)I(I)I(I)I(I)I(I)I(I)I(I)I. The monoisotopic (exact) mass is 13300 g/mol. The molecule has 0 nitrogen and oxygen atoms in total. The minimum atomic E-state index is -0.664. The van der Waals surface area contributed by atoms with Crippen molar-refractivity contribution in [2.45, 2.75) is 0 Å². The molecule has 0 aromatic rings. The molecular weight excluding hydrogens is 13300 g/mol. The third kappa shape index (κ3) is 74.3. The molecule has 0 rings (SSSR count). The first-order chi connectivity index (χ1) is 47.8. The summed E-state index contributed by atoms with van der Waals surface area (Å²) in [6, 6.07) is 0. The van der Waals surface area contributed by atoms with Gasteiger partial charge in [-0.1, -0.05) is 0 Å². The van der Waals surface area contributed by atoms with Crippen LogP contribution in [0.5, 0.6) is 0 Å². The maximum absolute atomic E-state index is 3.49. The second-order valence-corrected chi connectivity index (χ2v) is 2510. The molecule has 0 saturated heterocycles. The van der Waals surface area contributed by atoms with Crippen LogP contribution in [-0.2, 0) is 0 Å². The van der Waals surface area contributed by atoms with E-state index >= 15 is 0 Å². The van der Waals surface area contributed by atoms with Crippen molar-refractivity contribution in [3.63, 3.8) is 0 Å². The van der Waals surface area contributed by atoms with Gasteiger partial charge in [-0.2, -0.15) is 0 Å². The molecule has 0 heterocycles. The molecule has 736 valence electrons. The first kappa shape index (κ1) is 182. The Bertz CT molecular complexity index is 2230. The van der Waals surface area contributed by atoms with Gasteiger partial charge in [0, 0.05) is 0 Å². The van der Waals surface area contributed by atoms with E-state index in [4.69, 9.17) is 0 Å². The molecule has 0 spiro atoms. The molecule has 0 aliphatic rings. The van der Waals surface area contributed by atoms with Crippen molar-refractivity contribution in [1.82, 2.24) is 0 Å². The molecule has 105 heteroatoms. The van der Waals surface area contributed by atoms with E-state index in [1.807, 2.05) is 0 Å². The van der Waals surface area contributed by atoms with Crippen LogP contribution in [0.3, 0.4) is 0 Å². The molecule has 0 atom stereocenters. The van der Waals surface area contributed by atoms with Crippen LogP contribution in [0, 0.1) is 0 Å². The van der Waals surface area contributed by atoms with Crippen molar-refractivity contribution in [1.29, 1.82) is 0 Å². The summed E-state index contributed by atoms with van der Waals surface area (Å²) in [7, 11) is -31.3. The molecule has 0 radical (unpaired) electrons. The number of halogens is 105. The van der Waals surface area contributed by atoms with Gasteiger partial charge in [-0.15, -0.1) is 0 Å². The Kier molecular flexibility index (Phi) is 190. The quantitative estimate of drug-likeness (QED) is 0.0533. The minimum absolute atomic E-state index is 0.424. The van der Waals surface area contributed by atoms with Gasteiger partial charge < -0.3 is 0 Å². The van der Waals surface area contributed by atoms with Gasteiger partial charge in [0.05, 0.1) is 0 Å². The molecule has 0 aliphatic carbocycles. The van der Waals surface area contributed by atoms with Crippen molar-refractivity contribution in [3.8, 4) is 0 Å². The van der Waals surface area contributed by atoms with Gasteiger partial charge in [0.1, 0.15) is 0 Å². The van der Waals surface area contributed by atoms with Crippen LogP contribution in [0.2, 0.25) is 0 Å². The summed E-state index contributed by atoms with van der Waals surface area (Å²) < 4.78 is 0. The number of hydrogen-bond donors (Lipinski definition) is 0. The van der Waals surface area contributed by atoms with E-state index in [1.165, 1.54) is 0 Å². The first-order valence-corrected chi connectivity index (χ1v) is 669. The Balaban J connectivity index is 5.92. The van der Waals surface area contributed by atoms with E-state index in [9.17, 15) is 0 Å². The van der Waals surface area contributed by atoms with E-state index in [0.717, 1.165) is 0 Å². The third-order valence-corrected chi connectivity index (χ3v) is 8350. The number of hydrogen-bond acceptors (Lipinski definition) is 0. The number of rotatable bonds is 51. The molecule has 0 fully saturated rings. The van der Waals surface area contributed by atoms with Gasteiger partial charge >= 0.3 is 1400 Å². The zero-order valence-electron chi connectivity index (χ0n) is 39.7. The summed E-state index contributed by atoms with van der Waals surface area (Å²) >= 11 is 181. The molecule has 0 saturated carbocycles. The summed E-state index contributed by atoms with van der Waals surface area (Å²) in [6.07, 6.45) is 0. The van der Waals surface area contributed by atoms with Gasteiger partial charge in [-0.3, -0.25) is 0 Å². The van der Waals surface area contributed by atoms with Gasteiger partial charge in [-0.05, 0) is 0 Å². The predicted octanol–water partition coefficient (Wildman–Crippen LogP) is 89.1. The molecule has 0 unspecified atom stereocenters. The van der Waals surface area contributed by atoms with Gasteiger partial charge in [0.15, 0.2) is 0 Å². The van der Waals surface area contributed by atoms with Crippen molar-refractivity contribution >= 4 is 1390 Å².